The van der Waals surface area contributed by atoms with Crippen molar-refractivity contribution in [2.24, 2.45) is 5.73 Å². The molecule has 16 heavy (non-hydrogen) atoms. The second kappa shape index (κ2) is 5.26. The Morgan fingerprint density at radius 2 is 2.19 bits per heavy atom. The second-order valence-electron chi connectivity index (χ2n) is 2.76. The molecule has 1 heterocycles. The molecule has 1 rings (SSSR count). The Labute approximate surface area is 97.7 Å². The molecule has 0 saturated heterocycles. The number of carbonyl (C=O) groups is 1. The van der Waals surface area contributed by atoms with Gasteiger partial charge in [-0.05, 0) is 12.2 Å². The zero-order chi connectivity index (χ0) is 12.1. The maximum Gasteiger partial charge on any atom is 0.356 e. The highest BCUT2D eigenvalue weighted by Crippen LogP contribution is 2.17. The van der Waals surface area contributed by atoms with Gasteiger partial charge in [0.15, 0.2) is 10.8 Å². The minimum absolute atomic E-state index is 0.0524. The summed E-state index contributed by atoms with van der Waals surface area (Å²) in [6.07, 6.45) is 0. The molecule has 0 atom stereocenters. The summed E-state index contributed by atoms with van der Waals surface area (Å²) in [6, 6.07) is 3.02. The topological polar surface area (TPSA) is 86.5 Å². The van der Waals surface area contributed by atoms with Crippen molar-refractivity contribution < 1.29 is 14.3 Å². The number of nitrogens with zero attached hydrogens (tertiary/aromatic N) is 1. The van der Waals surface area contributed by atoms with Crippen LogP contribution in [-0.4, -0.2) is 30.3 Å². The highest BCUT2D eigenvalue weighted by Gasteiger charge is 2.11. The van der Waals surface area contributed by atoms with E-state index in [1.165, 1.54) is 20.3 Å². The van der Waals surface area contributed by atoms with Crippen LogP contribution in [-0.2, 0) is 4.74 Å². The lowest BCUT2D eigenvalue weighted by Crippen LogP contribution is -2.20. The fraction of sp³-hybridized carbons (Fsp3) is 0.222. The average molecular weight is 241 g/mol. The van der Waals surface area contributed by atoms with Crippen molar-refractivity contribution in [3.63, 3.8) is 0 Å². The number of thiocarbonyl (C=S) groups is 1. The number of esters is 1. The van der Waals surface area contributed by atoms with E-state index >= 15 is 0 Å². The Kier molecular flexibility index (Phi) is 4.01. The normalized spacial score (nSPS) is 9.38. The number of nitrogens with two attached hydrogens (primary N) is 1. The van der Waals surface area contributed by atoms with Crippen molar-refractivity contribution in [3.8, 4) is 5.75 Å². The van der Waals surface area contributed by atoms with E-state index < -0.39 is 5.97 Å². The van der Waals surface area contributed by atoms with Crippen LogP contribution in [0.4, 0.5) is 5.82 Å². The number of ether oxygens (including phenoxy) is 2. The molecule has 0 aromatic carbocycles. The van der Waals surface area contributed by atoms with Crippen LogP contribution >= 0.6 is 12.2 Å². The highest BCUT2D eigenvalue weighted by atomic mass is 32.1. The zero-order valence-electron chi connectivity index (χ0n) is 8.81. The molecule has 0 aliphatic heterocycles. The number of pyridine rings is 1. The van der Waals surface area contributed by atoms with Crippen LogP contribution in [0.2, 0.25) is 0 Å². The summed E-state index contributed by atoms with van der Waals surface area (Å²) in [5, 5.41) is 2.66. The van der Waals surface area contributed by atoms with Gasteiger partial charge >= 0.3 is 5.97 Å². The minimum atomic E-state index is -0.565. The molecule has 7 heteroatoms. The van der Waals surface area contributed by atoms with Crippen LogP contribution in [0.15, 0.2) is 12.1 Å². The number of nitrogens with one attached hydrogen (secondary N) is 1. The predicted molar refractivity (Wildman–Crippen MR) is 62.5 cm³/mol. The van der Waals surface area contributed by atoms with Gasteiger partial charge in [-0.3, -0.25) is 0 Å². The lowest BCUT2D eigenvalue weighted by molar-refractivity contribution is 0.0594. The molecule has 0 aliphatic rings. The summed E-state index contributed by atoms with van der Waals surface area (Å²) in [6.45, 7) is 0. The number of hydrogen-bond acceptors (Lipinski definition) is 5. The molecule has 0 bridgehead atoms. The standard InChI is InChI=1S/C9H11N3O3S/c1-14-5-3-6(8(13)15-2)11-7(4-5)12-9(10)16/h3-4H,1-2H3,(H3,10,11,12,16). The van der Waals surface area contributed by atoms with Gasteiger partial charge in [0, 0.05) is 12.1 Å². The predicted octanol–water partition coefficient (Wildman–Crippen LogP) is 0.532. The first-order valence-corrected chi connectivity index (χ1v) is 4.68. The number of anilines is 1. The van der Waals surface area contributed by atoms with E-state index in [2.05, 4.69) is 27.3 Å². The van der Waals surface area contributed by atoms with Crippen LogP contribution in [0, 0.1) is 0 Å². The summed E-state index contributed by atoms with van der Waals surface area (Å²) in [7, 11) is 2.74. The average Bonchev–Trinajstić information content (AvgIpc) is 2.26. The van der Waals surface area contributed by atoms with E-state index in [4.69, 9.17) is 10.5 Å². The molecule has 0 aliphatic carbocycles. The Bertz CT molecular complexity index is 422. The monoisotopic (exact) mass is 241 g/mol. The number of hydrogen-bond donors (Lipinski definition) is 2. The van der Waals surface area contributed by atoms with Gasteiger partial charge in [0.05, 0.1) is 14.2 Å². The summed E-state index contributed by atoms with van der Waals surface area (Å²) >= 11 is 4.66. The maximum absolute atomic E-state index is 11.3. The van der Waals surface area contributed by atoms with Gasteiger partial charge < -0.3 is 20.5 Å². The van der Waals surface area contributed by atoms with Crippen molar-refractivity contribution in [1.82, 2.24) is 4.98 Å². The fourth-order valence-corrected chi connectivity index (χ4v) is 1.13. The van der Waals surface area contributed by atoms with Gasteiger partial charge in [0.1, 0.15) is 11.6 Å². The number of methoxy groups -OCH3 is 2. The number of carbonyl (C=O) groups excluding carboxylic acids is 1. The van der Waals surface area contributed by atoms with Crippen molar-refractivity contribution in [3.05, 3.63) is 17.8 Å². The van der Waals surface area contributed by atoms with E-state index in [1.54, 1.807) is 6.07 Å². The third-order valence-electron chi connectivity index (χ3n) is 1.68. The molecular formula is C9H11N3O3S. The van der Waals surface area contributed by atoms with E-state index in [-0.39, 0.29) is 10.8 Å². The molecule has 0 spiro atoms. The van der Waals surface area contributed by atoms with Crippen molar-refractivity contribution >= 4 is 29.1 Å². The van der Waals surface area contributed by atoms with Crippen molar-refractivity contribution in [2.45, 2.75) is 0 Å². The first kappa shape index (κ1) is 12.2. The lowest BCUT2D eigenvalue weighted by Gasteiger charge is -2.07. The summed E-state index contributed by atoms with van der Waals surface area (Å²) in [5.74, 6) is 0.214. The maximum atomic E-state index is 11.3. The van der Waals surface area contributed by atoms with E-state index in [9.17, 15) is 4.79 Å². The largest absolute Gasteiger partial charge is 0.497 e. The first-order chi connectivity index (χ1) is 7.56. The molecule has 0 saturated carbocycles. The number of rotatable bonds is 3. The second-order valence-corrected chi connectivity index (χ2v) is 3.20. The van der Waals surface area contributed by atoms with Crippen LogP contribution in [0.25, 0.3) is 0 Å². The Hall–Kier alpha value is -1.89. The Morgan fingerprint density at radius 1 is 1.50 bits per heavy atom. The van der Waals surface area contributed by atoms with Gasteiger partial charge in [-0.25, -0.2) is 9.78 Å². The molecule has 1 aromatic rings. The van der Waals surface area contributed by atoms with E-state index in [0.717, 1.165) is 0 Å². The highest BCUT2D eigenvalue weighted by molar-refractivity contribution is 7.80. The Morgan fingerprint density at radius 3 is 2.69 bits per heavy atom. The van der Waals surface area contributed by atoms with Crippen LogP contribution in [0.5, 0.6) is 5.75 Å². The SMILES string of the molecule is COC(=O)c1cc(OC)cc(NC(N)=S)n1. The van der Waals surface area contributed by atoms with Gasteiger partial charge in [-0.15, -0.1) is 0 Å². The number of aromatic nitrogens is 1. The lowest BCUT2D eigenvalue weighted by atomic mass is 10.3. The molecule has 6 nitrogen and oxygen atoms in total. The summed E-state index contributed by atoms with van der Waals surface area (Å²) in [5.41, 5.74) is 5.41. The van der Waals surface area contributed by atoms with Crippen LogP contribution < -0.4 is 15.8 Å². The summed E-state index contributed by atoms with van der Waals surface area (Å²) in [4.78, 5) is 15.2. The van der Waals surface area contributed by atoms with E-state index in [0.29, 0.717) is 11.6 Å². The quantitative estimate of drug-likeness (QED) is 0.589. The Balaban J connectivity index is 3.10. The minimum Gasteiger partial charge on any atom is -0.497 e. The van der Waals surface area contributed by atoms with Gasteiger partial charge in [-0.1, -0.05) is 0 Å². The molecule has 0 radical (unpaired) electrons. The van der Waals surface area contributed by atoms with Crippen molar-refractivity contribution in [1.29, 1.82) is 0 Å². The third-order valence-corrected chi connectivity index (χ3v) is 1.78. The summed E-state index contributed by atoms with van der Waals surface area (Å²) < 4.78 is 9.55. The molecule has 0 unspecified atom stereocenters. The molecule has 1 aromatic heterocycles. The fourth-order valence-electron chi connectivity index (χ4n) is 1.02. The van der Waals surface area contributed by atoms with Gasteiger partial charge in [0.25, 0.3) is 0 Å². The smallest absolute Gasteiger partial charge is 0.356 e. The zero-order valence-corrected chi connectivity index (χ0v) is 9.63. The first-order valence-electron chi connectivity index (χ1n) is 4.27. The molecule has 0 amide bonds. The third kappa shape index (κ3) is 3.06. The molecule has 86 valence electrons. The molecule has 0 fully saturated rings. The van der Waals surface area contributed by atoms with E-state index in [1.807, 2.05) is 0 Å². The van der Waals surface area contributed by atoms with Gasteiger partial charge in [-0.2, -0.15) is 0 Å². The van der Waals surface area contributed by atoms with Gasteiger partial charge in [0.2, 0.25) is 0 Å². The van der Waals surface area contributed by atoms with Crippen LogP contribution in [0.3, 0.4) is 0 Å². The van der Waals surface area contributed by atoms with Crippen LogP contribution in [0.1, 0.15) is 10.5 Å². The van der Waals surface area contributed by atoms with Crippen molar-refractivity contribution in [2.75, 3.05) is 19.5 Å². The molecule has 3 N–H and O–H groups in total. The molecular weight excluding hydrogens is 230 g/mol.